The summed E-state index contributed by atoms with van der Waals surface area (Å²) < 4.78 is 5.80. The zero-order valence-corrected chi connectivity index (χ0v) is 27.3. The van der Waals surface area contributed by atoms with Crippen molar-refractivity contribution in [2.45, 2.75) is 43.8 Å². The van der Waals surface area contributed by atoms with Crippen molar-refractivity contribution in [2.24, 2.45) is 23.3 Å². The highest BCUT2D eigenvalue weighted by molar-refractivity contribution is 7.17. The van der Waals surface area contributed by atoms with Gasteiger partial charge in [0.2, 0.25) is 5.91 Å². The van der Waals surface area contributed by atoms with Crippen LogP contribution in [0.4, 0.5) is 5.69 Å². The average Bonchev–Trinajstić information content (AvgIpc) is 3.75. The van der Waals surface area contributed by atoms with E-state index < -0.39 is 11.1 Å². The summed E-state index contributed by atoms with van der Waals surface area (Å²) in [5.74, 6) is 0.185. The smallest absolute Gasteiger partial charge is 0.267 e. The Kier molecular flexibility index (Phi) is 11.3. The number of nitrogens with two attached hydrogens (primary N) is 2. The molecule has 16 heteroatoms. The quantitative estimate of drug-likeness (QED) is 0.0913. The van der Waals surface area contributed by atoms with Crippen LogP contribution in [0, 0.1) is 11.8 Å². The number of aliphatic hydroxyl groups is 1. The Labute approximate surface area is 270 Å². The number of carbonyl (C=O) groups is 3. The van der Waals surface area contributed by atoms with Gasteiger partial charge in [0.25, 0.3) is 11.8 Å². The number of anilines is 1. The molecule has 0 radical (unpaired) electrons. The van der Waals surface area contributed by atoms with Crippen molar-refractivity contribution >= 4 is 58.3 Å². The van der Waals surface area contributed by atoms with Crippen molar-refractivity contribution in [2.75, 3.05) is 32.1 Å². The van der Waals surface area contributed by atoms with Crippen LogP contribution in [-0.2, 0) is 9.59 Å². The second kappa shape index (κ2) is 14.9. The van der Waals surface area contributed by atoms with Crippen LogP contribution in [0.15, 0.2) is 47.7 Å². The number of amides is 3. The minimum Gasteiger partial charge on any atom is -0.494 e. The number of hydrogen-bond acceptors (Lipinski definition) is 10. The van der Waals surface area contributed by atoms with Crippen molar-refractivity contribution in [1.29, 1.82) is 0 Å². The van der Waals surface area contributed by atoms with Gasteiger partial charge in [0.05, 0.1) is 30.3 Å². The lowest BCUT2D eigenvalue weighted by atomic mass is 9.49. The molecule has 1 aromatic heterocycles. The molecular weight excluding hydrogens is 591 g/mol. The predicted molar refractivity (Wildman–Crippen MR) is 184 cm³/mol. The molecule has 45 heavy (non-hydrogen) atoms. The molecule has 8 N–H and O–H groups in total. The third-order valence-corrected chi connectivity index (χ3v) is 8.67. The molecule has 1 saturated heterocycles. The largest absolute Gasteiger partial charge is 0.494 e. The van der Waals surface area contributed by atoms with E-state index in [1.165, 1.54) is 24.5 Å². The van der Waals surface area contributed by atoms with E-state index in [4.69, 9.17) is 21.3 Å². The summed E-state index contributed by atoms with van der Waals surface area (Å²) in [7, 11) is 7.04. The van der Waals surface area contributed by atoms with E-state index in [0.29, 0.717) is 45.9 Å². The van der Waals surface area contributed by atoms with Crippen molar-refractivity contribution in [3.8, 4) is 16.3 Å². The van der Waals surface area contributed by atoms with Gasteiger partial charge in [0.1, 0.15) is 44.9 Å². The average molecular weight is 633 g/mol. The molecule has 1 saturated carbocycles. The molecule has 238 valence electrons. The zero-order valence-electron chi connectivity index (χ0n) is 26.4. The number of thiazole rings is 1. The molecule has 3 amide bonds. The van der Waals surface area contributed by atoms with Gasteiger partial charge in [-0.05, 0) is 61.8 Å². The Balaban J connectivity index is 1.58. The molecule has 2 aliphatic rings. The van der Waals surface area contributed by atoms with Gasteiger partial charge in [-0.1, -0.05) is 6.07 Å². The van der Waals surface area contributed by atoms with E-state index in [1.807, 2.05) is 34.5 Å². The number of carbonyl (C=O) groups excluding carboxylic acids is 3. The fraction of sp³-hybridized carbons (Fsp3) is 0.448. The Morgan fingerprint density at radius 2 is 1.89 bits per heavy atom. The first-order chi connectivity index (χ1) is 21.4. The number of allylic oxidation sites excluding steroid dienone is 1. The SMILES string of the molecule is BC(B)(B)NC(=O)/C(N)=C(/C=C(\N)NC(=O)C1CC1)Nc1cccc(-c2ncc(C(=O)N3CCC(CCCO)CC3)s2)c1OC. The third-order valence-electron chi connectivity index (χ3n) is 7.65. The maximum Gasteiger partial charge on any atom is 0.267 e. The zero-order chi connectivity index (χ0) is 32.7. The predicted octanol–water partition coefficient (Wildman–Crippen LogP) is -1.02. The lowest BCUT2D eigenvalue weighted by molar-refractivity contribution is -0.121. The van der Waals surface area contributed by atoms with Crippen LogP contribution in [0.5, 0.6) is 5.75 Å². The normalized spacial score (nSPS) is 16.5. The molecular formula is C29H42B3N7O5S. The number of para-hydroxylation sites is 1. The summed E-state index contributed by atoms with van der Waals surface area (Å²) >= 11 is 1.28. The summed E-state index contributed by atoms with van der Waals surface area (Å²) in [5, 5.41) is 17.8. The van der Waals surface area contributed by atoms with Gasteiger partial charge in [-0.3, -0.25) is 14.4 Å². The van der Waals surface area contributed by atoms with E-state index in [1.54, 1.807) is 18.3 Å². The second-order valence-electron chi connectivity index (χ2n) is 12.5. The highest BCUT2D eigenvalue weighted by atomic mass is 32.1. The number of hydrogen-bond donors (Lipinski definition) is 6. The van der Waals surface area contributed by atoms with Crippen LogP contribution in [0.1, 0.15) is 48.2 Å². The van der Waals surface area contributed by atoms with Crippen LogP contribution in [0.3, 0.4) is 0 Å². The van der Waals surface area contributed by atoms with Crippen LogP contribution < -0.4 is 32.2 Å². The number of benzene rings is 1. The molecule has 0 spiro atoms. The summed E-state index contributed by atoms with van der Waals surface area (Å²) in [5.41, 5.74) is 13.6. The molecule has 1 aliphatic carbocycles. The maximum atomic E-state index is 13.3. The lowest BCUT2D eigenvalue weighted by Crippen LogP contribution is -2.51. The Bertz CT molecular complexity index is 1460. The van der Waals surface area contributed by atoms with Gasteiger partial charge in [-0.15, -0.1) is 11.3 Å². The lowest BCUT2D eigenvalue weighted by Gasteiger charge is -2.31. The highest BCUT2D eigenvalue weighted by Gasteiger charge is 2.30. The molecule has 0 unspecified atom stereocenters. The number of likely N-dealkylation sites (tertiary alicyclic amines) is 1. The van der Waals surface area contributed by atoms with Gasteiger partial charge < -0.3 is 42.2 Å². The van der Waals surface area contributed by atoms with Crippen LogP contribution in [0.2, 0.25) is 0 Å². The highest BCUT2D eigenvalue weighted by Crippen LogP contribution is 2.39. The molecule has 2 heterocycles. The number of nitrogens with one attached hydrogen (secondary N) is 3. The van der Waals surface area contributed by atoms with E-state index in [9.17, 15) is 14.4 Å². The molecule has 0 atom stereocenters. The van der Waals surface area contributed by atoms with Crippen LogP contribution in [-0.4, -0.2) is 88.3 Å². The van der Waals surface area contributed by atoms with Crippen LogP contribution >= 0.6 is 11.3 Å². The standard InChI is InChI=1S/C29H42B3N7O5S/c1-44-24-18(27-35-15-21(45-27)28(43)39-11-9-16(10-12-39)4-3-13-40)5-2-6-19(24)36-20(23(34)26(42)38-29(30,31)32)14-22(33)37-25(41)17-7-8-17/h2,5-6,14-17,36,40H,3-4,7-13,30-34H2,1H3,(H,37,41)(H,38,42)/b22-14+,23-20+. The van der Waals surface area contributed by atoms with Crippen molar-refractivity contribution in [1.82, 2.24) is 20.5 Å². The molecule has 1 aromatic carbocycles. The monoisotopic (exact) mass is 633 g/mol. The first-order valence-electron chi connectivity index (χ1n) is 15.3. The molecule has 1 aliphatic heterocycles. The van der Waals surface area contributed by atoms with Crippen molar-refractivity contribution < 1.29 is 24.2 Å². The fourth-order valence-corrected chi connectivity index (χ4v) is 6.03. The minimum atomic E-state index is -0.546. The van der Waals surface area contributed by atoms with Gasteiger partial charge in [-0.25, -0.2) is 4.98 Å². The van der Waals surface area contributed by atoms with Crippen LogP contribution in [0.25, 0.3) is 10.6 Å². The number of nitrogens with zero attached hydrogens (tertiary/aromatic N) is 2. The van der Waals surface area contributed by atoms with E-state index >= 15 is 0 Å². The number of methoxy groups -OCH3 is 1. The molecule has 2 aromatic rings. The fourth-order valence-electron chi connectivity index (χ4n) is 5.12. The van der Waals surface area contributed by atoms with E-state index in [2.05, 4.69) is 20.9 Å². The minimum absolute atomic E-state index is 0.0385. The van der Waals surface area contributed by atoms with Gasteiger partial charge in [0, 0.05) is 31.7 Å². The Hall–Kier alpha value is -3.91. The summed E-state index contributed by atoms with van der Waals surface area (Å²) in [6.45, 7) is 1.56. The number of aliphatic hydroxyl groups excluding tert-OH is 1. The Morgan fingerprint density at radius 3 is 2.51 bits per heavy atom. The van der Waals surface area contributed by atoms with Crippen molar-refractivity contribution in [3.05, 3.63) is 52.6 Å². The topological polar surface area (TPSA) is 185 Å². The number of piperidine rings is 1. The Morgan fingerprint density at radius 1 is 1.18 bits per heavy atom. The molecule has 0 bridgehead atoms. The summed E-state index contributed by atoms with van der Waals surface area (Å²) in [6, 6.07) is 5.39. The molecule has 4 rings (SSSR count). The maximum absolute atomic E-state index is 13.3. The van der Waals surface area contributed by atoms with Gasteiger partial charge >= 0.3 is 0 Å². The number of aromatic nitrogens is 1. The van der Waals surface area contributed by atoms with Crippen molar-refractivity contribution in [3.63, 3.8) is 0 Å². The first kappa shape index (κ1) is 34.0. The molecule has 2 fully saturated rings. The summed E-state index contributed by atoms with van der Waals surface area (Å²) in [6.07, 6.45) is 8.26. The van der Waals surface area contributed by atoms with Gasteiger partial charge in [0.15, 0.2) is 5.75 Å². The third kappa shape index (κ3) is 9.30. The van der Waals surface area contributed by atoms with E-state index in [-0.39, 0.29) is 41.6 Å². The number of rotatable bonds is 13. The van der Waals surface area contributed by atoms with Gasteiger partial charge in [-0.2, -0.15) is 0 Å². The van der Waals surface area contributed by atoms with E-state index in [0.717, 1.165) is 38.5 Å². The summed E-state index contributed by atoms with van der Waals surface area (Å²) in [4.78, 5) is 45.6. The number of ether oxygens (including phenoxy) is 1. The first-order valence-corrected chi connectivity index (χ1v) is 16.1. The molecule has 12 nitrogen and oxygen atoms in total. The second-order valence-corrected chi connectivity index (χ2v) is 13.6.